The summed E-state index contributed by atoms with van der Waals surface area (Å²) in [6.07, 6.45) is 36.9. The summed E-state index contributed by atoms with van der Waals surface area (Å²) in [7, 11) is 0. The smallest absolute Gasteiger partial charge is 0.343 e. The summed E-state index contributed by atoms with van der Waals surface area (Å²) in [5.41, 5.74) is 0.675. The Hall–Kier alpha value is -4.46. The molecule has 0 unspecified atom stereocenters. The highest BCUT2D eigenvalue weighted by atomic mass is 16.6. The van der Waals surface area contributed by atoms with Crippen molar-refractivity contribution >= 4 is 23.5 Å². The maximum absolute atomic E-state index is 13.0. The van der Waals surface area contributed by atoms with Gasteiger partial charge < -0.3 is 14.2 Å². The second-order valence-corrected chi connectivity index (χ2v) is 16.3. The highest BCUT2D eigenvalue weighted by Gasteiger charge is 2.21. The normalized spacial score (nSPS) is 11.2. The Balaban J connectivity index is 1.30. The van der Waals surface area contributed by atoms with Crippen molar-refractivity contribution in [3.05, 3.63) is 99.6 Å². The predicted octanol–water partition coefficient (Wildman–Crippen LogP) is 15.7. The molecule has 0 bridgehead atoms. The largest absolute Gasteiger partial charge is 0.494 e. The quantitative estimate of drug-likeness (QED) is 0.0109. The molecule has 3 rings (SSSR count). The van der Waals surface area contributed by atoms with E-state index in [1.54, 1.807) is 30.3 Å². The van der Waals surface area contributed by atoms with E-state index < -0.39 is 22.4 Å². The lowest BCUT2D eigenvalue weighted by molar-refractivity contribution is -0.385. The lowest BCUT2D eigenvalue weighted by Gasteiger charge is -2.08. The van der Waals surface area contributed by atoms with Crippen LogP contribution in [0.15, 0.2) is 72.8 Å². The molecule has 3 aromatic rings. The van der Waals surface area contributed by atoms with Gasteiger partial charge >= 0.3 is 11.7 Å². The van der Waals surface area contributed by atoms with Crippen molar-refractivity contribution < 1.29 is 28.7 Å². The Kier molecular flexibility index (Phi) is 26.9. The van der Waals surface area contributed by atoms with E-state index in [1.807, 2.05) is 24.3 Å². The van der Waals surface area contributed by atoms with E-state index in [1.165, 1.54) is 166 Å². The molecule has 60 heavy (non-hydrogen) atoms. The van der Waals surface area contributed by atoms with Gasteiger partial charge in [0.1, 0.15) is 11.5 Å². The number of nitro benzene ring substituents is 1. The first-order valence-electron chi connectivity index (χ1n) is 23.6. The van der Waals surface area contributed by atoms with E-state index in [0.29, 0.717) is 19.0 Å². The Bertz CT molecular complexity index is 1630. The SMILES string of the molecule is CCCCCCCCCCCCCCCCCCOc1ccc(/C=C/C(=O)c2ccc(OC(=O)c3ccc(OCCCCCCCCCCCC)cc3)c([N+](=O)[O-])c2)cc1. The fourth-order valence-corrected chi connectivity index (χ4v) is 7.31. The van der Waals surface area contributed by atoms with E-state index in [-0.39, 0.29) is 16.9 Å². The number of hydrogen-bond acceptors (Lipinski definition) is 7. The number of hydrogen-bond donors (Lipinski definition) is 0. The van der Waals surface area contributed by atoms with Crippen molar-refractivity contribution in [1.82, 2.24) is 0 Å². The molecule has 0 aliphatic carbocycles. The summed E-state index contributed by atoms with van der Waals surface area (Å²) in [5, 5.41) is 11.9. The number of unbranched alkanes of at least 4 members (excludes halogenated alkanes) is 24. The van der Waals surface area contributed by atoms with Gasteiger partial charge in [-0.05, 0) is 73.0 Å². The van der Waals surface area contributed by atoms with Crippen LogP contribution in [0.3, 0.4) is 0 Å². The fraction of sp³-hybridized carbons (Fsp3) is 0.577. The molecule has 8 heteroatoms. The molecule has 0 saturated carbocycles. The van der Waals surface area contributed by atoms with Gasteiger partial charge in [-0.25, -0.2) is 4.79 Å². The van der Waals surface area contributed by atoms with Crippen LogP contribution in [0.2, 0.25) is 0 Å². The van der Waals surface area contributed by atoms with Gasteiger partial charge in [-0.3, -0.25) is 14.9 Å². The molecule has 0 N–H and O–H groups in total. The average molecular weight is 826 g/mol. The lowest BCUT2D eigenvalue weighted by Crippen LogP contribution is -2.10. The van der Waals surface area contributed by atoms with Crippen molar-refractivity contribution in [2.45, 2.75) is 181 Å². The van der Waals surface area contributed by atoms with Crippen LogP contribution in [-0.2, 0) is 0 Å². The van der Waals surface area contributed by atoms with E-state index in [9.17, 15) is 19.7 Å². The van der Waals surface area contributed by atoms with Crippen LogP contribution in [0.1, 0.15) is 207 Å². The van der Waals surface area contributed by atoms with Crippen LogP contribution in [0.4, 0.5) is 5.69 Å². The number of ketones is 1. The molecule has 0 spiro atoms. The molecular weight excluding hydrogens is 751 g/mol. The molecule has 0 heterocycles. The molecule has 0 amide bonds. The minimum Gasteiger partial charge on any atom is -0.494 e. The van der Waals surface area contributed by atoms with E-state index in [2.05, 4.69) is 13.8 Å². The first-order chi connectivity index (χ1) is 29.4. The zero-order valence-electron chi connectivity index (χ0n) is 37.1. The summed E-state index contributed by atoms with van der Waals surface area (Å²) < 4.78 is 17.2. The van der Waals surface area contributed by atoms with Gasteiger partial charge in [0.15, 0.2) is 5.78 Å². The van der Waals surface area contributed by atoms with Crippen LogP contribution in [0.25, 0.3) is 6.08 Å². The molecule has 0 fully saturated rings. The Labute approximate surface area is 362 Å². The monoisotopic (exact) mass is 826 g/mol. The molecule has 0 aliphatic rings. The molecule has 0 aliphatic heterocycles. The summed E-state index contributed by atoms with van der Waals surface area (Å²) in [6.45, 7) is 5.80. The lowest BCUT2D eigenvalue weighted by atomic mass is 10.0. The molecule has 0 atom stereocenters. The van der Waals surface area contributed by atoms with Crippen molar-refractivity contribution in [2.24, 2.45) is 0 Å². The Morgan fingerprint density at radius 3 is 1.32 bits per heavy atom. The van der Waals surface area contributed by atoms with E-state index >= 15 is 0 Å². The third-order valence-electron chi connectivity index (χ3n) is 11.1. The van der Waals surface area contributed by atoms with Crippen molar-refractivity contribution in [1.29, 1.82) is 0 Å². The van der Waals surface area contributed by atoms with Gasteiger partial charge in [-0.15, -0.1) is 0 Å². The number of esters is 1. The number of ether oxygens (including phenoxy) is 3. The minimum atomic E-state index is -0.740. The summed E-state index contributed by atoms with van der Waals surface area (Å²) >= 11 is 0. The maximum atomic E-state index is 13.0. The van der Waals surface area contributed by atoms with Gasteiger partial charge in [0.2, 0.25) is 5.75 Å². The van der Waals surface area contributed by atoms with Gasteiger partial charge in [-0.2, -0.15) is 0 Å². The molecule has 330 valence electrons. The molecular formula is C52H75NO7. The standard InChI is InChI=1S/C52H75NO7/c1-3-5-7-9-11-13-15-16-17-18-19-20-22-24-25-27-41-58-47-35-29-44(30-36-47)31-39-50(54)46-34-40-51(49(43-46)53(56)57)60-52(55)45-32-37-48(38-33-45)59-42-28-26-23-21-14-12-10-8-6-4-2/h29-40,43H,3-28,41-42H2,1-2H3/b39-31+. The number of carbonyl (C=O) groups is 2. The van der Waals surface area contributed by atoms with Crippen molar-refractivity contribution in [3.63, 3.8) is 0 Å². The third kappa shape index (κ3) is 22.2. The van der Waals surface area contributed by atoms with Crippen LogP contribution in [0, 0.1) is 10.1 Å². The molecule has 0 aromatic heterocycles. The van der Waals surface area contributed by atoms with Crippen LogP contribution in [0.5, 0.6) is 17.2 Å². The Morgan fingerprint density at radius 2 is 0.900 bits per heavy atom. The van der Waals surface area contributed by atoms with Gasteiger partial charge in [0, 0.05) is 11.6 Å². The van der Waals surface area contributed by atoms with Crippen LogP contribution >= 0.6 is 0 Å². The number of benzene rings is 3. The number of rotatable bonds is 36. The first-order valence-corrected chi connectivity index (χ1v) is 23.6. The third-order valence-corrected chi connectivity index (χ3v) is 11.1. The molecule has 0 radical (unpaired) electrons. The van der Waals surface area contributed by atoms with Crippen LogP contribution in [-0.4, -0.2) is 29.9 Å². The minimum absolute atomic E-state index is 0.111. The summed E-state index contributed by atoms with van der Waals surface area (Å²) in [6, 6.07) is 17.9. The highest BCUT2D eigenvalue weighted by molar-refractivity contribution is 6.07. The highest BCUT2D eigenvalue weighted by Crippen LogP contribution is 2.30. The zero-order chi connectivity index (χ0) is 42.9. The number of allylic oxidation sites excluding steroid dienone is 1. The summed E-state index contributed by atoms with van der Waals surface area (Å²) in [5.74, 6) is 0.0457. The number of nitro groups is 1. The predicted molar refractivity (Wildman–Crippen MR) is 247 cm³/mol. The zero-order valence-corrected chi connectivity index (χ0v) is 37.1. The van der Waals surface area contributed by atoms with Gasteiger partial charge in [0.25, 0.3) is 0 Å². The first kappa shape index (κ1) is 49.9. The second-order valence-electron chi connectivity index (χ2n) is 16.3. The van der Waals surface area contributed by atoms with Crippen molar-refractivity contribution in [2.75, 3.05) is 13.2 Å². The number of carbonyl (C=O) groups excluding carboxylic acids is 2. The molecule has 3 aromatic carbocycles. The van der Waals surface area contributed by atoms with E-state index in [4.69, 9.17) is 14.2 Å². The molecule has 8 nitrogen and oxygen atoms in total. The molecule has 0 saturated heterocycles. The fourth-order valence-electron chi connectivity index (χ4n) is 7.31. The van der Waals surface area contributed by atoms with Gasteiger partial charge in [0.05, 0.1) is 23.7 Å². The van der Waals surface area contributed by atoms with Crippen LogP contribution < -0.4 is 14.2 Å². The van der Waals surface area contributed by atoms with Crippen molar-refractivity contribution in [3.8, 4) is 17.2 Å². The summed E-state index contributed by atoms with van der Waals surface area (Å²) in [4.78, 5) is 37.1. The van der Waals surface area contributed by atoms with Gasteiger partial charge in [-0.1, -0.05) is 186 Å². The van der Waals surface area contributed by atoms with E-state index in [0.717, 1.165) is 36.6 Å². The average Bonchev–Trinajstić information content (AvgIpc) is 3.26. The maximum Gasteiger partial charge on any atom is 0.343 e. The second kappa shape index (κ2) is 32.3. The Morgan fingerprint density at radius 1 is 0.517 bits per heavy atom. The topological polar surface area (TPSA) is 105 Å². The number of nitrogens with zero attached hydrogens (tertiary/aromatic N) is 1.